The molecular weight excluding hydrogens is 675 g/mol. The first-order valence-corrected chi connectivity index (χ1v) is 19.8. The first-order valence-electron chi connectivity index (χ1n) is 19.8. The fourth-order valence-corrected chi connectivity index (χ4v) is 9.84. The van der Waals surface area contributed by atoms with Gasteiger partial charge in [0.15, 0.2) is 0 Å². The van der Waals surface area contributed by atoms with Gasteiger partial charge in [-0.05, 0) is 145 Å². The Morgan fingerprint density at radius 1 is 0.357 bits per heavy atom. The molecule has 0 spiro atoms. The predicted molar refractivity (Wildman–Crippen MR) is 238 cm³/mol. The van der Waals surface area contributed by atoms with Crippen molar-refractivity contribution < 1.29 is 0 Å². The van der Waals surface area contributed by atoms with Gasteiger partial charge in [-0.3, -0.25) is 0 Å². The van der Waals surface area contributed by atoms with Gasteiger partial charge in [0.25, 0.3) is 0 Å². The van der Waals surface area contributed by atoms with Gasteiger partial charge in [0.1, 0.15) is 0 Å². The van der Waals surface area contributed by atoms with Crippen LogP contribution in [0.5, 0.6) is 0 Å². The molecule has 0 N–H and O–H groups in total. The normalized spacial score (nSPS) is 13.1. The molecule has 266 valence electrons. The van der Waals surface area contributed by atoms with Crippen molar-refractivity contribution in [3.8, 4) is 55.6 Å². The Bertz CT molecular complexity index is 2990. The van der Waals surface area contributed by atoms with Crippen molar-refractivity contribution in [3.05, 3.63) is 198 Å². The van der Waals surface area contributed by atoms with Crippen LogP contribution in [0.1, 0.15) is 36.1 Å². The Labute approximate surface area is 329 Å². The highest BCUT2D eigenvalue weighted by Gasteiger charge is 2.40. The summed E-state index contributed by atoms with van der Waals surface area (Å²) in [6.07, 6.45) is 0. The molecule has 1 heteroatoms. The van der Waals surface area contributed by atoms with E-state index in [-0.39, 0.29) is 5.41 Å². The fraction of sp³-hybridized carbons (Fsp3) is 0.0909. The third kappa shape index (κ3) is 4.67. The van der Waals surface area contributed by atoms with E-state index in [1.54, 1.807) is 0 Å². The molecule has 0 saturated heterocycles. The summed E-state index contributed by atoms with van der Waals surface area (Å²) in [4.78, 5) is 2.38. The molecule has 0 radical (unpaired) electrons. The van der Waals surface area contributed by atoms with E-state index in [9.17, 15) is 0 Å². The van der Waals surface area contributed by atoms with E-state index in [0.29, 0.717) is 0 Å². The quantitative estimate of drug-likeness (QED) is 0.171. The average Bonchev–Trinajstić information content (AvgIpc) is 3.67. The van der Waals surface area contributed by atoms with Crippen LogP contribution in [-0.4, -0.2) is 0 Å². The molecule has 0 aliphatic heterocycles. The van der Waals surface area contributed by atoms with Crippen LogP contribution in [0, 0.1) is 13.8 Å². The van der Waals surface area contributed by atoms with E-state index in [1.807, 2.05) is 0 Å². The van der Waals surface area contributed by atoms with Gasteiger partial charge >= 0.3 is 0 Å². The van der Waals surface area contributed by atoms with Crippen molar-refractivity contribution in [3.63, 3.8) is 0 Å². The molecule has 0 bridgehead atoms. The lowest BCUT2D eigenvalue weighted by Gasteiger charge is -2.28. The number of para-hydroxylation sites is 2. The summed E-state index contributed by atoms with van der Waals surface area (Å²) in [5.41, 5.74) is 21.8. The van der Waals surface area contributed by atoms with Gasteiger partial charge in [0.2, 0.25) is 0 Å². The first kappa shape index (κ1) is 32.7. The Kier molecular flexibility index (Phi) is 7.10. The zero-order chi connectivity index (χ0) is 37.7. The number of hydrogen-bond donors (Lipinski definition) is 0. The molecule has 0 aromatic heterocycles. The minimum absolute atomic E-state index is 0.232. The molecule has 9 aromatic rings. The summed E-state index contributed by atoms with van der Waals surface area (Å²) < 4.78 is 0. The van der Waals surface area contributed by atoms with E-state index in [1.165, 1.54) is 105 Å². The Balaban J connectivity index is 1.21. The van der Waals surface area contributed by atoms with Crippen LogP contribution in [0.25, 0.3) is 77.2 Å². The largest absolute Gasteiger partial charge is 0.310 e. The van der Waals surface area contributed by atoms with Crippen molar-refractivity contribution >= 4 is 38.6 Å². The van der Waals surface area contributed by atoms with Crippen molar-refractivity contribution in [1.82, 2.24) is 0 Å². The van der Waals surface area contributed by atoms with Crippen LogP contribution in [0.3, 0.4) is 0 Å². The number of benzene rings is 9. The van der Waals surface area contributed by atoms with Crippen LogP contribution in [-0.2, 0) is 5.41 Å². The van der Waals surface area contributed by atoms with E-state index in [0.717, 1.165) is 11.4 Å². The maximum Gasteiger partial charge on any atom is 0.0465 e. The van der Waals surface area contributed by atoms with Crippen LogP contribution in [0.4, 0.5) is 17.1 Å². The topological polar surface area (TPSA) is 3.24 Å². The molecule has 0 fully saturated rings. The Morgan fingerprint density at radius 2 is 0.875 bits per heavy atom. The van der Waals surface area contributed by atoms with Gasteiger partial charge in [0.05, 0.1) is 0 Å². The lowest BCUT2D eigenvalue weighted by Crippen LogP contribution is -2.16. The highest BCUT2D eigenvalue weighted by molar-refractivity contribution is 6.29. The van der Waals surface area contributed by atoms with E-state index < -0.39 is 0 Å². The fourth-order valence-electron chi connectivity index (χ4n) is 9.84. The molecule has 0 unspecified atom stereocenters. The predicted octanol–water partition coefficient (Wildman–Crippen LogP) is 15.4. The van der Waals surface area contributed by atoms with Crippen molar-refractivity contribution in [2.24, 2.45) is 0 Å². The summed E-state index contributed by atoms with van der Waals surface area (Å²) >= 11 is 0. The van der Waals surface area contributed by atoms with E-state index in [2.05, 4.69) is 209 Å². The van der Waals surface area contributed by atoms with Gasteiger partial charge in [-0.1, -0.05) is 158 Å². The summed E-state index contributed by atoms with van der Waals surface area (Å²) in [6, 6.07) is 65.6. The van der Waals surface area contributed by atoms with E-state index >= 15 is 0 Å². The van der Waals surface area contributed by atoms with Crippen LogP contribution < -0.4 is 4.90 Å². The second-order valence-corrected chi connectivity index (χ2v) is 16.2. The number of anilines is 3. The van der Waals surface area contributed by atoms with Crippen molar-refractivity contribution in [1.29, 1.82) is 0 Å². The summed E-state index contributed by atoms with van der Waals surface area (Å²) in [5.74, 6) is 0. The van der Waals surface area contributed by atoms with Gasteiger partial charge < -0.3 is 4.90 Å². The molecule has 0 saturated carbocycles. The number of fused-ring (bicyclic) bond motifs is 8. The van der Waals surface area contributed by atoms with Crippen LogP contribution in [0.2, 0.25) is 0 Å². The number of hydrogen-bond acceptors (Lipinski definition) is 1. The van der Waals surface area contributed by atoms with Crippen molar-refractivity contribution in [2.45, 2.75) is 33.1 Å². The third-order valence-electron chi connectivity index (χ3n) is 12.5. The second kappa shape index (κ2) is 12.2. The molecule has 0 heterocycles. The van der Waals surface area contributed by atoms with Crippen LogP contribution in [0.15, 0.2) is 176 Å². The summed E-state index contributed by atoms with van der Waals surface area (Å²) in [7, 11) is 0. The maximum atomic E-state index is 2.57. The first-order chi connectivity index (χ1) is 27.4. The molecule has 0 atom stereocenters. The monoisotopic (exact) mass is 715 g/mol. The summed E-state index contributed by atoms with van der Waals surface area (Å²) in [6.45, 7) is 9.20. The van der Waals surface area contributed by atoms with Gasteiger partial charge in [0, 0.05) is 22.5 Å². The second-order valence-electron chi connectivity index (χ2n) is 16.2. The SMILES string of the molecule is Cc1ccc(-c2c3c(c(-c4ccc(C)cc4)c4ccccc24)-c2cc4c(c5cccc-3c25)-c2ccc(N(c3ccccc3)c3ccccc3)cc2C4(C)C)cc1. The molecule has 56 heavy (non-hydrogen) atoms. The van der Waals surface area contributed by atoms with E-state index in [4.69, 9.17) is 0 Å². The third-order valence-corrected chi connectivity index (χ3v) is 12.5. The minimum atomic E-state index is -0.232. The Morgan fingerprint density at radius 3 is 1.45 bits per heavy atom. The highest BCUT2D eigenvalue weighted by atomic mass is 15.1. The average molecular weight is 716 g/mol. The Hall–Kier alpha value is -6.70. The lowest BCUT2D eigenvalue weighted by molar-refractivity contribution is 0.661. The van der Waals surface area contributed by atoms with Crippen molar-refractivity contribution in [2.75, 3.05) is 4.90 Å². The zero-order valence-electron chi connectivity index (χ0n) is 32.2. The molecule has 9 aromatic carbocycles. The van der Waals surface area contributed by atoms with Gasteiger partial charge in [-0.25, -0.2) is 0 Å². The molecule has 0 amide bonds. The number of aryl methyl sites for hydroxylation is 2. The minimum Gasteiger partial charge on any atom is -0.310 e. The van der Waals surface area contributed by atoms with Gasteiger partial charge in [-0.2, -0.15) is 0 Å². The molecule has 2 aliphatic carbocycles. The molecule has 2 aliphatic rings. The highest BCUT2D eigenvalue weighted by Crippen LogP contribution is 2.62. The maximum absolute atomic E-state index is 2.57. The summed E-state index contributed by atoms with van der Waals surface area (Å²) in [5, 5.41) is 5.28. The smallest absolute Gasteiger partial charge is 0.0465 e. The standard InChI is InChI=1S/C55H41N/c1-34-22-26-36(27-23-34)49-41-18-11-12-19-42(41)50(37-28-24-35(2)25-29-37)54-46-33-48-52(44-20-13-21-45(51(44)46)53(49)54)43-31-30-40(32-47(43)55(48,3)4)56(38-14-7-5-8-15-38)39-16-9-6-10-17-39/h5-33H,1-4H3. The zero-order valence-corrected chi connectivity index (χ0v) is 32.2. The lowest BCUT2D eigenvalue weighted by atomic mass is 9.79. The van der Waals surface area contributed by atoms with Crippen LogP contribution >= 0.6 is 0 Å². The van der Waals surface area contributed by atoms with Gasteiger partial charge in [-0.15, -0.1) is 0 Å². The molecule has 11 rings (SSSR count). The number of rotatable bonds is 5. The molecular formula is C55H41N. The molecule has 1 nitrogen and oxygen atoms in total. The number of nitrogens with zero attached hydrogens (tertiary/aromatic N) is 1.